The summed E-state index contributed by atoms with van der Waals surface area (Å²) in [5, 5.41) is 0. The van der Waals surface area contributed by atoms with Crippen molar-refractivity contribution in [2.75, 3.05) is 13.2 Å². The highest BCUT2D eigenvalue weighted by atomic mass is 16.6. The molecule has 6 nitrogen and oxygen atoms in total. The van der Waals surface area contributed by atoms with Crippen molar-refractivity contribution in [3.8, 4) is 0 Å². The van der Waals surface area contributed by atoms with Crippen LogP contribution in [0.5, 0.6) is 0 Å². The zero-order valence-electron chi connectivity index (χ0n) is 47.5. The van der Waals surface area contributed by atoms with Crippen molar-refractivity contribution in [2.45, 2.75) is 252 Å². The summed E-state index contributed by atoms with van der Waals surface area (Å²) in [6, 6.07) is 0. The van der Waals surface area contributed by atoms with Crippen molar-refractivity contribution in [2.24, 2.45) is 0 Å². The third-order valence-corrected chi connectivity index (χ3v) is 12.1. The van der Waals surface area contributed by atoms with E-state index in [-0.39, 0.29) is 37.5 Å². The maximum absolute atomic E-state index is 12.9. The smallest absolute Gasteiger partial charge is 0.306 e. The van der Waals surface area contributed by atoms with Crippen LogP contribution in [0.25, 0.3) is 0 Å². The average Bonchev–Trinajstić information content (AvgIpc) is 3.40. The van der Waals surface area contributed by atoms with Crippen molar-refractivity contribution in [1.29, 1.82) is 0 Å². The SMILES string of the molecule is CC/C=C\C/C=C\C/C=C\C/C=C\C/C=C\C/C=C\C/C=C\CCCC(=O)OCC(COC(=O)CCCCCCC/C=C\CCCCC)OC(=O)CCCCCCCCCC/C=C\C/C=C\C/C=C\C/C=C\CC. The maximum atomic E-state index is 12.9. The number of ether oxygens (including phenoxy) is 3. The summed E-state index contributed by atoms with van der Waals surface area (Å²) < 4.78 is 16.8. The summed E-state index contributed by atoms with van der Waals surface area (Å²) in [5.41, 5.74) is 0. The Kier molecular flexibility index (Phi) is 57.0. The number of hydrogen-bond donors (Lipinski definition) is 0. The summed E-state index contributed by atoms with van der Waals surface area (Å²) in [6.45, 7) is 6.32. The molecule has 0 bridgehead atoms. The zero-order valence-corrected chi connectivity index (χ0v) is 47.5. The lowest BCUT2D eigenvalue weighted by Crippen LogP contribution is -2.30. The number of esters is 3. The Morgan fingerprint density at radius 2 is 0.541 bits per heavy atom. The molecule has 0 aliphatic heterocycles. The first-order valence-corrected chi connectivity index (χ1v) is 29.8. The lowest BCUT2D eigenvalue weighted by atomic mass is 10.1. The van der Waals surface area contributed by atoms with Gasteiger partial charge in [0.15, 0.2) is 6.10 Å². The Hall–Kier alpha value is -4.71. The van der Waals surface area contributed by atoms with Gasteiger partial charge in [-0.05, 0) is 135 Å². The number of rotatable bonds is 52. The van der Waals surface area contributed by atoms with Crippen LogP contribution in [0.1, 0.15) is 245 Å². The molecule has 0 radical (unpaired) electrons. The first kappa shape index (κ1) is 69.3. The van der Waals surface area contributed by atoms with Gasteiger partial charge in [0.1, 0.15) is 13.2 Å². The molecule has 0 aromatic carbocycles. The molecule has 0 aliphatic rings. The van der Waals surface area contributed by atoms with E-state index in [2.05, 4.69) is 167 Å². The second-order valence-corrected chi connectivity index (χ2v) is 19.1. The molecule has 0 rings (SSSR count). The summed E-state index contributed by atoms with van der Waals surface area (Å²) in [6.07, 6.45) is 87.0. The summed E-state index contributed by atoms with van der Waals surface area (Å²) in [4.78, 5) is 38.2. The van der Waals surface area contributed by atoms with Gasteiger partial charge in [0.05, 0.1) is 0 Å². The van der Waals surface area contributed by atoms with Gasteiger partial charge >= 0.3 is 17.9 Å². The predicted molar refractivity (Wildman–Crippen MR) is 320 cm³/mol. The molecule has 0 saturated heterocycles. The van der Waals surface area contributed by atoms with Gasteiger partial charge in [-0.3, -0.25) is 14.4 Å². The van der Waals surface area contributed by atoms with Crippen molar-refractivity contribution >= 4 is 17.9 Å². The van der Waals surface area contributed by atoms with E-state index in [4.69, 9.17) is 14.2 Å². The largest absolute Gasteiger partial charge is 0.462 e. The second-order valence-electron chi connectivity index (χ2n) is 19.1. The van der Waals surface area contributed by atoms with E-state index in [0.29, 0.717) is 19.3 Å². The molecule has 0 heterocycles. The molecule has 6 heteroatoms. The topological polar surface area (TPSA) is 78.9 Å². The monoisotopic (exact) mass is 1020 g/mol. The molecule has 0 aliphatic carbocycles. The highest BCUT2D eigenvalue weighted by Crippen LogP contribution is 2.14. The fourth-order valence-electron chi connectivity index (χ4n) is 7.65. The van der Waals surface area contributed by atoms with Crippen LogP contribution in [0.3, 0.4) is 0 Å². The van der Waals surface area contributed by atoms with Crippen LogP contribution in [0.4, 0.5) is 0 Å². The van der Waals surface area contributed by atoms with Gasteiger partial charge in [-0.2, -0.15) is 0 Å². The van der Waals surface area contributed by atoms with Crippen LogP contribution in [-0.4, -0.2) is 37.2 Å². The van der Waals surface area contributed by atoms with Crippen LogP contribution >= 0.6 is 0 Å². The minimum absolute atomic E-state index is 0.109. The lowest BCUT2D eigenvalue weighted by Gasteiger charge is -2.18. The van der Waals surface area contributed by atoms with Crippen LogP contribution in [-0.2, 0) is 28.6 Å². The first-order valence-electron chi connectivity index (χ1n) is 29.8. The molecule has 0 spiro atoms. The Balaban J connectivity index is 4.49. The summed E-state index contributed by atoms with van der Waals surface area (Å²) in [7, 11) is 0. The van der Waals surface area contributed by atoms with E-state index in [0.717, 1.165) is 135 Å². The minimum atomic E-state index is -0.816. The lowest BCUT2D eigenvalue weighted by molar-refractivity contribution is -0.167. The van der Waals surface area contributed by atoms with Crippen molar-refractivity contribution in [1.82, 2.24) is 0 Å². The third-order valence-electron chi connectivity index (χ3n) is 12.1. The average molecular weight is 1020 g/mol. The van der Waals surface area contributed by atoms with E-state index in [9.17, 15) is 14.4 Å². The molecular formula is C68H108O6. The maximum Gasteiger partial charge on any atom is 0.306 e. The molecule has 0 aromatic rings. The number of allylic oxidation sites excluding steroid dienone is 24. The summed E-state index contributed by atoms with van der Waals surface area (Å²) in [5.74, 6) is -0.992. The molecule has 74 heavy (non-hydrogen) atoms. The number of carbonyl (C=O) groups is 3. The first-order chi connectivity index (χ1) is 36.5. The van der Waals surface area contributed by atoms with Crippen LogP contribution in [0.15, 0.2) is 146 Å². The second kappa shape index (κ2) is 60.8. The van der Waals surface area contributed by atoms with Crippen molar-refractivity contribution < 1.29 is 28.6 Å². The van der Waals surface area contributed by atoms with Crippen LogP contribution in [0.2, 0.25) is 0 Å². The van der Waals surface area contributed by atoms with E-state index in [1.54, 1.807) is 0 Å². The van der Waals surface area contributed by atoms with Gasteiger partial charge in [0.2, 0.25) is 0 Å². The van der Waals surface area contributed by atoms with Gasteiger partial charge in [-0.1, -0.05) is 237 Å². The molecule has 0 amide bonds. The number of hydrogen-bond acceptors (Lipinski definition) is 6. The van der Waals surface area contributed by atoms with Crippen LogP contribution in [0, 0.1) is 0 Å². The molecule has 416 valence electrons. The van der Waals surface area contributed by atoms with Gasteiger partial charge in [-0.25, -0.2) is 0 Å². The predicted octanol–water partition coefficient (Wildman–Crippen LogP) is 20.4. The highest BCUT2D eigenvalue weighted by Gasteiger charge is 2.19. The number of unbranched alkanes of at least 4 members (excludes halogenated alkanes) is 17. The highest BCUT2D eigenvalue weighted by molar-refractivity contribution is 5.71. The summed E-state index contributed by atoms with van der Waals surface area (Å²) >= 11 is 0. The fourth-order valence-corrected chi connectivity index (χ4v) is 7.65. The minimum Gasteiger partial charge on any atom is -0.462 e. The molecule has 0 aromatic heterocycles. The molecule has 0 saturated carbocycles. The molecule has 0 fully saturated rings. The Bertz CT molecular complexity index is 1640. The van der Waals surface area contributed by atoms with Crippen molar-refractivity contribution in [3.05, 3.63) is 146 Å². The van der Waals surface area contributed by atoms with E-state index in [1.807, 2.05) is 0 Å². The fraction of sp³-hybridized carbons (Fsp3) is 0.603. The Morgan fingerprint density at radius 3 is 0.892 bits per heavy atom. The Morgan fingerprint density at radius 1 is 0.284 bits per heavy atom. The molecule has 1 atom stereocenters. The Labute approximate surface area is 455 Å². The quantitative estimate of drug-likeness (QED) is 0.0261. The molecule has 1 unspecified atom stereocenters. The molecular weight excluding hydrogens is 913 g/mol. The normalized spacial score (nSPS) is 13.2. The third kappa shape index (κ3) is 58.2. The van der Waals surface area contributed by atoms with E-state index in [1.165, 1.54) is 64.2 Å². The standard InChI is InChI=1S/C68H108O6/c1-4-7-10-13-16-19-22-25-27-29-31-33-34-36-37-39-41-43-46-49-52-55-58-61-67(70)73-64-65(63-72-66(69)60-57-54-51-48-45-24-21-18-15-12-9-6-3)74-68(71)62-59-56-53-50-47-44-42-40-38-35-32-30-28-26-23-20-17-14-11-8-5-2/h7-8,10-11,16-21,25-28,31-33,35-37,41,43,49,52,65H,4-6,9,12-15,22-24,29-30,34,38-40,42,44-48,50-51,53-64H2,1-3H3/b10-7-,11-8-,19-16-,20-17-,21-18-,27-25-,28-26-,33-31-,35-32-,37-36-,43-41-,52-49-. The zero-order chi connectivity index (χ0) is 53.6. The molecule has 0 N–H and O–H groups in total. The van der Waals surface area contributed by atoms with Gasteiger partial charge in [0, 0.05) is 19.3 Å². The van der Waals surface area contributed by atoms with Crippen LogP contribution < -0.4 is 0 Å². The van der Waals surface area contributed by atoms with Crippen molar-refractivity contribution in [3.63, 3.8) is 0 Å². The van der Waals surface area contributed by atoms with E-state index >= 15 is 0 Å². The van der Waals surface area contributed by atoms with Gasteiger partial charge in [-0.15, -0.1) is 0 Å². The van der Waals surface area contributed by atoms with Gasteiger partial charge < -0.3 is 14.2 Å². The number of carbonyl (C=O) groups excluding carboxylic acids is 3. The van der Waals surface area contributed by atoms with E-state index < -0.39 is 6.10 Å². The van der Waals surface area contributed by atoms with Gasteiger partial charge in [0.25, 0.3) is 0 Å².